The SMILES string of the molecule is CC1(c2cccc(Br)c2)CC(C(F)(F)F)CC(N)=N1. The van der Waals surface area contributed by atoms with Crippen LogP contribution in [0.2, 0.25) is 0 Å². The summed E-state index contributed by atoms with van der Waals surface area (Å²) in [5.41, 5.74) is 5.42. The molecule has 1 aliphatic heterocycles. The molecule has 19 heavy (non-hydrogen) atoms. The van der Waals surface area contributed by atoms with Crippen LogP contribution >= 0.6 is 15.9 Å². The minimum absolute atomic E-state index is 0.0658. The summed E-state index contributed by atoms with van der Waals surface area (Å²) >= 11 is 3.32. The average molecular weight is 335 g/mol. The maximum atomic E-state index is 12.9. The van der Waals surface area contributed by atoms with Crippen LogP contribution < -0.4 is 5.73 Å². The van der Waals surface area contributed by atoms with Gasteiger partial charge in [-0.25, -0.2) is 0 Å². The van der Waals surface area contributed by atoms with Crippen molar-refractivity contribution < 1.29 is 13.2 Å². The van der Waals surface area contributed by atoms with E-state index in [9.17, 15) is 13.2 Å². The highest BCUT2D eigenvalue weighted by Gasteiger charge is 2.47. The van der Waals surface area contributed by atoms with E-state index in [1.165, 1.54) is 0 Å². The minimum atomic E-state index is -4.24. The first-order chi connectivity index (χ1) is 8.71. The Hall–Kier alpha value is -1.04. The predicted octanol–water partition coefficient (Wildman–Crippen LogP) is 3.99. The Morgan fingerprint density at radius 2 is 2.11 bits per heavy atom. The maximum Gasteiger partial charge on any atom is 0.392 e. The van der Waals surface area contributed by atoms with E-state index >= 15 is 0 Å². The Morgan fingerprint density at radius 1 is 1.42 bits per heavy atom. The molecule has 1 aliphatic rings. The molecule has 2 nitrogen and oxygen atoms in total. The molecule has 0 saturated heterocycles. The summed E-state index contributed by atoms with van der Waals surface area (Å²) in [4.78, 5) is 4.26. The Morgan fingerprint density at radius 3 is 2.68 bits per heavy atom. The summed E-state index contributed by atoms with van der Waals surface area (Å²) in [6.07, 6.45) is -4.53. The fraction of sp³-hybridized carbons (Fsp3) is 0.462. The summed E-state index contributed by atoms with van der Waals surface area (Å²) in [6.45, 7) is 1.69. The number of alkyl halides is 3. The zero-order valence-corrected chi connectivity index (χ0v) is 11.9. The van der Waals surface area contributed by atoms with Gasteiger partial charge in [-0.2, -0.15) is 13.2 Å². The average Bonchev–Trinajstić information content (AvgIpc) is 2.26. The lowest BCUT2D eigenvalue weighted by Gasteiger charge is -2.36. The van der Waals surface area contributed by atoms with E-state index in [4.69, 9.17) is 5.73 Å². The van der Waals surface area contributed by atoms with E-state index in [0.29, 0.717) is 0 Å². The second-order valence-corrected chi connectivity index (χ2v) is 5.95. The molecule has 0 aromatic heterocycles. The van der Waals surface area contributed by atoms with Crippen LogP contribution in [-0.2, 0) is 5.54 Å². The van der Waals surface area contributed by atoms with Crippen molar-refractivity contribution in [3.63, 3.8) is 0 Å². The molecule has 1 aromatic carbocycles. The fourth-order valence-electron chi connectivity index (χ4n) is 2.45. The van der Waals surface area contributed by atoms with E-state index in [1.807, 2.05) is 6.07 Å². The highest BCUT2D eigenvalue weighted by Crippen LogP contribution is 2.44. The lowest BCUT2D eigenvalue weighted by molar-refractivity contribution is -0.179. The lowest BCUT2D eigenvalue weighted by atomic mass is 9.79. The van der Waals surface area contributed by atoms with Crippen molar-refractivity contribution in [2.24, 2.45) is 16.6 Å². The molecule has 0 amide bonds. The lowest BCUT2D eigenvalue weighted by Crippen LogP contribution is -2.40. The Kier molecular flexibility index (Phi) is 3.64. The largest absolute Gasteiger partial charge is 0.392 e. The summed E-state index contributed by atoms with van der Waals surface area (Å²) in [6, 6.07) is 7.17. The van der Waals surface area contributed by atoms with E-state index in [0.717, 1.165) is 10.0 Å². The molecule has 0 bridgehead atoms. The van der Waals surface area contributed by atoms with Gasteiger partial charge in [-0.1, -0.05) is 28.1 Å². The van der Waals surface area contributed by atoms with Crippen LogP contribution in [0.15, 0.2) is 33.7 Å². The van der Waals surface area contributed by atoms with Crippen molar-refractivity contribution in [2.75, 3.05) is 0 Å². The van der Waals surface area contributed by atoms with Crippen molar-refractivity contribution in [3.05, 3.63) is 34.3 Å². The van der Waals surface area contributed by atoms with E-state index in [1.54, 1.807) is 25.1 Å². The molecule has 1 aromatic rings. The van der Waals surface area contributed by atoms with Crippen LogP contribution in [0.1, 0.15) is 25.3 Å². The van der Waals surface area contributed by atoms with Crippen LogP contribution in [0.4, 0.5) is 13.2 Å². The second kappa shape index (κ2) is 4.81. The second-order valence-electron chi connectivity index (χ2n) is 5.03. The molecule has 104 valence electrons. The topological polar surface area (TPSA) is 38.4 Å². The van der Waals surface area contributed by atoms with Gasteiger partial charge in [0.2, 0.25) is 0 Å². The Bertz CT molecular complexity index is 513. The number of aliphatic imine (C=N–C) groups is 1. The van der Waals surface area contributed by atoms with Crippen molar-refractivity contribution in [1.82, 2.24) is 0 Å². The highest BCUT2D eigenvalue weighted by atomic mass is 79.9. The van der Waals surface area contributed by atoms with Crippen LogP contribution in [0.25, 0.3) is 0 Å². The monoisotopic (exact) mass is 334 g/mol. The van der Waals surface area contributed by atoms with Crippen molar-refractivity contribution >= 4 is 21.8 Å². The maximum absolute atomic E-state index is 12.9. The quantitative estimate of drug-likeness (QED) is 0.828. The van der Waals surface area contributed by atoms with Gasteiger partial charge in [0.1, 0.15) is 0 Å². The third kappa shape index (κ3) is 3.11. The number of halogens is 4. The number of nitrogens with zero attached hydrogens (tertiary/aromatic N) is 1. The molecular weight excluding hydrogens is 321 g/mol. The van der Waals surface area contributed by atoms with Gasteiger partial charge in [-0.3, -0.25) is 4.99 Å². The number of amidine groups is 1. The summed E-state index contributed by atoms with van der Waals surface area (Å²) in [5, 5.41) is 0. The van der Waals surface area contributed by atoms with Gasteiger partial charge in [0.05, 0.1) is 17.3 Å². The van der Waals surface area contributed by atoms with Crippen molar-refractivity contribution in [3.8, 4) is 0 Å². The zero-order chi connectivity index (χ0) is 14.3. The van der Waals surface area contributed by atoms with E-state index in [-0.39, 0.29) is 18.7 Å². The molecule has 0 aliphatic carbocycles. The normalized spacial score (nSPS) is 28.1. The van der Waals surface area contributed by atoms with Crippen LogP contribution in [-0.4, -0.2) is 12.0 Å². The molecule has 6 heteroatoms. The van der Waals surface area contributed by atoms with Gasteiger partial charge in [0.15, 0.2) is 0 Å². The molecule has 0 spiro atoms. The first kappa shape index (κ1) is 14.4. The van der Waals surface area contributed by atoms with Crippen LogP contribution in [0, 0.1) is 5.92 Å². The minimum Gasteiger partial charge on any atom is -0.387 e. The number of rotatable bonds is 1. The van der Waals surface area contributed by atoms with Crippen molar-refractivity contribution in [2.45, 2.75) is 31.5 Å². The molecule has 0 fully saturated rings. The first-order valence-corrected chi connectivity index (χ1v) is 6.67. The number of benzene rings is 1. The van der Waals surface area contributed by atoms with Gasteiger partial charge in [0, 0.05) is 10.9 Å². The Balaban J connectivity index is 2.40. The third-order valence-electron chi connectivity index (χ3n) is 3.40. The van der Waals surface area contributed by atoms with E-state index in [2.05, 4.69) is 20.9 Å². The van der Waals surface area contributed by atoms with E-state index < -0.39 is 17.6 Å². The zero-order valence-electron chi connectivity index (χ0n) is 10.3. The molecule has 1 heterocycles. The molecule has 0 saturated carbocycles. The number of hydrogen-bond acceptors (Lipinski definition) is 2. The number of hydrogen-bond donors (Lipinski definition) is 1. The van der Waals surface area contributed by atoms with Gasteiger partial charge < -0.3 is 5.73 Å². The first-order valence-electron chi connectivity index (χ1n) is 5.88. The highest BCUT2D eigenvalue weighted by molar-refractivity contribution is 9.10. The van der Waals surface area contributed by atoms with Gasteiger partial charge in [-0.15, -0.1) is 0 Å². The summed E-state index contributed by atoms with van der Waals surface area (Å²) in [7, 11) is 0. The summed E-state index contributed by atoms with van der Waals surface area (Å²) < 4.78 is 39.6. The molecule has 2 rings (SSSR count). The number of nitrogens with two attached hydrogens (primary N) is 1. The Labute approximate surface area is 118 Å². The predicted molar refractivity (Wildman–Crippen MR) is 71.9 cm³/mol. The molecule has 0 radical (unpaired) electrons. The van der Waals surface area contributed by atoms with Gasteiger partial charge in [-0.05, 0) is 31.0 Å². The van der Waals surface area contributed by atoms with Crippen LogP contribution in [0.5, 0.6) is 0 Å². The van der Waals surface area contributed by atoms with Gasteiger partial charge in [0.25, 0.3) is 0 Å². The summed E-state index contributed by atoms with van der Waals surface area (Å²) in [5.74, 6) is -1.37. The molecule has 2 atom stereocenters. The van der Waals surface area contributed by atoms with Gasteiger partial charge >= 0.3 is 6.18 Å². The van der Waals surface area contributed by atoms with Crippen LogP contribution in [0.3, 0.4) is 0 Å². The fourth-order valence-corrected chi connectivity index (χ4v) is 2.85. The molecule has 2 N–H and O–H groups in total. The van der Waals surface area contributed by atoms with Crippen molar-refractivity contribution in [1.29, 1.82) is 0 Å². The molecular formula is C13H14BrF3N2. The smallest absolute Gasteiger partial charge is 0.387 e. The molecule has 2 unspecified atom stereocenters. The standard InChI is InChI=1S/C13H14BrF3N2/c1-12(8-3-2-4-10(14)5-8)7-9(13(15,16)17)6-11(18)19-12/h2-5,9H,6-7H2,1H3,(H2,18,19). The third-order valence-corrected chi connectivity index (χ3v) is 3.89.